The van der Waals surface area contributed by atoms with Gasteiger partial charge in [-0.1, -0.05) is 48.5 Å². The minimum absolute atomic E-state index is 0.163. The number of anilines is 1. The van der Waals surface area contributed by atoms with Crippen molar-refractivity contribution in [3.63, 3.8) is 0 Å². The van der Waals surface area contributed by atoms with Crippen molar-refractivity contribution in [2.24, 2.45) is 10.1 Å². The zero-order chi connectivity index (χ0) is 49.8. The second kappa shape index (κ2) is 23.7. The zero-order valence-electron chi connectivity index (χ0n) is 38.8. The topological polar surface area (TPSA) is 227 Å². The van der Waals surface area contributed by atoms with E-state index in [1.807, 2.05) is 0 Å². The second-order valence-corrected chi connectivity index (χ2v) is 23.1. The standard InChI is InChI=1S/C21H24N2O4S.C13H13NO.C8H9ClO3S.C8H11NO3S/c1-27-17-8-2-5-14(11-17)13-28(25,26)23-21(24)22-20-18-9-3-6-15(18)12-16-7-4-10-19(16)20;15-8-14-13-11-5-1-3-9(11)7-10-4-2-6-12(10)13;2*1-12-8-4-2-3-7(5-8)6-13(9,10)11/h2,5,8,11-12H,3-4,6-7,9-10,13H2,1H3,(H2,22,23,24);7H,1-6H2;2-5H,6H2,1H3;2-5H,6H2,1H3,(H2,9,10,11). The summed E-state index contributed by atoms with van der Waals surface area (Å²) in [5.41, 5.74) is 14.0. The smallest absolute Gasteiger partial charge is 0.332 e. The van der Waals surface area contributed by atoms with E-state index in [-0.39, 0.29) is 17.3 Å². The Morgan fingerprint density at radius 3 is 1.38 bits per heavy atom. The molecule has 69 heavy (non-hydrogen) atoms. The summed E-state index contributed by atoms with van der Waals surface area (Å²) in [6.45, 7) is 0. The first kappa shape index (κ1) is 52.6. The van der Waals surface area contributed by atoms with Crippen LogP contribution in [0, 0.1) is 0 Å². The fourth-order valence-corrected chi connectivity index (χ4v) is 11.8. The SMILES string of the molecule is COc1cccc(CS(=O)(=O)Cl)c1.COc1cccc(CS(=O)(=O)NC(=O)Nc2c3c(cc4c2CCC4)CCC3)c1.COc1cccc(CS(N)(=O)=O)c1.O=C=Nc1c2c(cc3c1CCC3)CCC2. The van der Waals surface area contributed by atoms with Gasteiger partial charge in [-0.25, -0.2) is 44.7 Å². The van der Waals surface area contributed by atoms with Gasteiger partial charge in [0.05, 0.1) is 44.3 Å². The number of methoxy groups -OCH3 is 3. The highest BCUT2D eigenvalue weighted by atomic mass is 35.7. The molecular weight excluding hydrogens is 964 g/mol. The van der Waals surface area contributed by atoms with Crippen LogP contribution in [0.1, 0.15) is 86.9 Å². The van der Waals surface area contributed by atoms with Crippen LogP contribution >= 0.6 is 10.7 Å². The normalized spacial score (nSPS) is 14.0. The number of carbonyl (C=O) groups excluding carboxylic acids is 2. The first-order valence-electron chi connectivity index (χ1n) is 22.4. The fraction of sp³-hybridized carbons (Fsp3) is 0.360. The molecule has 19 heteroatoms. The van der Waals surface area contributed by atoms with E-state index in [2.05, 4.69) is 27.2 Å². The number of urea groups is 1. The Bertz CT molecular complexity index is 2930. The molecule has 0 aliphatic heterocycles. The van der Waals surface area contributed by atoms with Gasteiger partial charge in [-0.05, 0) is 175 Å². The third-order valence-electron chi connectivity index (χ3n) is 12.0. The zero-order valence-corrected chi connectivity index (χ0v) is 42.0. The largest absolute Gasteiger partial charge is 0.497 e. The summed E-state index contributed by atoms with van der Waals surface area (Å²) >= 11 is 0. The van der Waals surface area contributed by atoms with Gasteiger partial charge in [0.25, 0.3) is 0 Å². The average molecular weight is 1020 g/mol. The maximum atomic E-state index is 12.5. The van der Waals surface area contributed by atoms with Crippen molar-refractivity contribution < 1.29 is 49.1 Å². The Kier molecular flexibility index (Phi) is 18.1. The first-order valence-corrected chi connectivity index (χ1v) is 28.3. The van der Waals surface area contributed by atoms with Gasteiger partial charge in [0.15, 0.2) is 0 Å². The number of halogens is 1. The molecule has 5 aromatic carbocycles. The number of amides is 2. The first-order chi connectivity index (χ1) is 32.9. The Morgan fingerprint density at radius 1 is 0.594 bits per heavy atom. The van der Waals surface area contributed by atoms with Gasteiger partial charge in [0.2, 0.25) is 35.2 Å². The van der Waals surface area contributed by atoms with Crippen LogP contribution in [-0.2, 0) is 103 Å². The van der Waals surface area contributed by atoms with Gasteiger partial charge in [-0.15, -0.1) is 0 Å². The van der Waals surface area contributed by atoms with Crippen LogP contribution in [0.15, 0.2) is 89.9 Å². The summed E-state index contributed by atoms with van der Waals surface area (Å²) < 4.78 is 85.0. The lowest BCUT2D eigenvalue weighted by molar-refractivity contribution is 0.256. The van der Waals surface area contributed by atoms with Gasteiger partial charge >= 0.3 is 6.03 Å². The van der Waals surface area contributed by atoms with Crippen LogP contribution in [0.4, 0.5) is 16.2 Å². The molecule has 4 aliphatic carbocycles. The number of hydrogen-bond acceptors (Lipinski definition) is 12. The van der Waals surface area contributed by atoms with Crippen molar-refractivity contribution in [3.8, 4) is 17.2 Å². The van der Waals surface area contributed by atoms with Gasteiger partial charge in [-0.2, -0.15) is 4.99 Å². The number of fused-ring (bicyclic) bond motifs is 4. The second-order valence-electron chi connectivity index (χ2n) is 17.0. The van der Waals surface area contributed by atoms with Crippen LogP contribution in [0.5, 0.6) is 17.2 Å². The van der Waals surface area contributed by atoms with E-state index in [0.29, 0.717) is 33.9 Å². The molecule has 2 amide bonds. The third-order valence-corrected chi connectivity index (χ3v) is 15.0. The molecule has 9 rings (SSSR count). The Labute approximate surface area is 409 Å². The van der Waals surface area contributed by atoms with Crippen molar-refractivity contribution in [1.82, 2.24) is 4.72 Å². The maximum Gasteiger partial charge on any atom is 0.332 e. The van der Waals surface area contributed by atoms with Gasteiger partial charge in [-0.3, -0.25) is 0 Å². The van der Waals surface area contributed by atoms with Crippen LogP contribution in [-0.4, -0.2) is 58.7 Å². The number of benzene rings is 5. The van der Waals surface area contributed by atoms with Crippen LogP contribution in [0.25, 0.3) is 0 Å². The number of primary sulfonamides is 1. The Hall–Kier alpha value is -5.75. The summed E-state index contributed by atoms with van der Waals surface area (Å²) in [6.07, 6.45) is 14.7. The number of isocyanates is 1. The van der Waals surface area contributed by atoms with E-state index in [0.717, 1.165) is 75.6 Å². The molecule has 0 aromatic heterocycles. The van der Waals surface area contributed by atoms with Crippen molar-refractivity contribution >= 4 is 63.3 Å². The quantitative estimate of drug-likeness (QED) is 0.0613. The van der Waals surface area contributed by atoms with Gasteiger partial charge in [0, 0.05) is 16.4 Å². The Morgan fingerprint density at radius 2 is 0.986 bits per heavy atom. The highest BCUT2D eigenvalue weighted by molar-refractivity contribution is 8.13. The summed E-state index contributed by atoms with van der Waals surface area (Å²) in [4.78, 5) is 26.9. The fourth-order valence-electron chi connectivity index (χ4n) is 9.19. The molecule has 4 N–H and O–H groups in total. The number of carbonyl (C=O) groups is 1. The molecule has 0 saturated carbocycles. The molecule has 5 aromatic rings. The average Bonchev–Trinajstić information content (AvgIpc) is 4.14. The molecule has 0 saturated heterocycles. The predicted octanol–water partition coefficient (Wildman–Crippen LogP) is 8.20. The number of nitrogens with two attached hydrogens (primary N) is 1. The molecule has 4 aliphatic rings. The summed E-state index contributed by atoms with van der Waals surface area (Å²) in [6, 6.07) is 24.3. The Balaban J connectivity index is 0.000000162. The van der Waals surface area contributed by atoms with Gasteiger partial charge < -0.3 is 19.5 Å². The minimum Gasteiger partial charge on any atom is -0.497 e. The maximum absolute atomic E-state index is 12.5. The highest BCUT2D eigenvalue weighted by Gasteiger charge is 2.27. The predicted molar refractivity (Wildman–Crippen MR) is 268 cm³/mol. The van der Waals surface area contributed by atoms with Crippen molar-refractivity contribution in [2.45, 2.75) is 94.3 Å². The van der Waals surface area contributed by atoms with E-state index in [4.69, 9.17) is 30.0 Å². The lowest BCUT2D eigenvalue weighted by Gasteiger charge is -2.16. The minimum atomic E-state index is -3.82. The number of sulfonamides is 2. The van der Waals surface area contributed by atoms with Crippen LogP contribution < -0.4 is 29.4 Å². The lowest BCUT2D eigenvalue weighted by atomic mass is 9.99. The number of aryl methyl sites for hydroxylation is 4. The lowest BCUT2D eigenvalue weighted by Crippen LogP contribution is -2.35. The molecular formula is C50H57ClN4O11S3. The van der Waals surface area contributed by atoms with E-state index in [1.165, 1.54) is 78.7 Å². The third kappa shape index (κ3) is 15.4. The number of hydrogen-bond donors (Lipinski definition) is 3. The number of ether oxygens (including phenoxy) is 3. The number of rotatable bonds is 12. The van der Waals surface area contributed by atoms with E-state index >= 15 is 0 Å². The molecule has 0 spiro atoms. The van der Waals surface area contributed by atoms with E-state index in [9.17, 15) is 34.8 Å². The molecule has 0 unspecified atom stereocenters. The number of nitrogens with zero attached hydrogens (tertiary/aromatic N) is 1. The van der Waals surface area contributed by atoms with Crippen LogP contribution in [0.3, 0.4) is 0 Å². The van der Waals surface area contributed by atoms with E-state index < -0.39 is 35.1 Å². The van der Waals surface area contributed by atoms with Crippen LogP contribution in [0.2, 0.25) is 0 Å². The van der Waals surface area contributed by atoms with E-state index in [1.54, 1.807) is 78.9 Å². The summed E-state index contributed by atoms with van der Waals surface area (Å²) in [7, 11) is -1.10. The molecule has 0 fully saturated rings. The molecule has 15 nitrogen and oxygen atoms in total. The molecule has 0 radical (unpaired) electrons. The molecule has 368 valence electrons. The monoisotopic (exact) mass is 1020 g/mol. The molecule has 0 atom stereocenters. The van der Waals surface area contributed by atoms with Gasteiger partial charge in [0.1, 0.15) is 17.2 Å². The number of nitrogens with one attached hydrogen (secondary N) is 2. The van der Waals surface area contributed by atoms with Crippen molar-refractivity contribution in [3.05, 3.63) is 146 Å². The highest BCUT2D eigenvalue weighted by Crippen LogP contribution is 2.40. The summed E-state index contributed by atoms with van der Waals surface area (Å²) in [5, 5.41) is 7.74. The molecule has 0 heterocycles. The number of aliphatic imine (C=N–C) groups is 1. The van der Waals surface area contributed by atoms with Crippen molar-refractivity contribution in [2.75, 3.05) is 26.6 Å². The summed E-state index contributed by atoms with van der Waals surface area (Å²) in [5.74, 6) is 1.20. The van der Waals surface area contributed by atoms with Crippen molar-refractivity contribution in [1.29, 1.82) is 0 Å². The molecule has 0 bridgehead atoms.